The minimum atomic E-state index is -0.186. The van der Waals surface area contributed by atoms with E-state index < -0.39 is 0 Å². The van der Waals surface area contributed by atoms with E-state index in [2.05, 4.69) is 27.7 Å². The molecule has 0 amide bonds. The van der Waals surface area contributed by atoms with E-state index in [0.717, 1.165) is 18.3 Å². The molecule has 0 spiro atoms. The number of hydrogen-bond donors (Lipinski definition) is 1. The van der Waals surface area contributed by atoms with Crippen LogP contribution in [-0.4, -0.2) is 24.8 Å². The standard InChI is InChI=1S/C14H26BNO2/c1-8(2)5-13(16)15-17-12-7-10-6-11(9(10)3)14(12,4)18-15/h8-13H,5-7,16H2,1-4H3/t9?,10-,11?,12+,13-,14-/m0/s1. The summed E-state index contributed by atoms with van der Waals surface area (Å²) in [6, 6.07) is 0. The molecule has 18 heavy (non-hydrogen) atoms. The van der Waals surface area contributed by atoms with Crippen LogP contribution in [0.25, 0.3) is 0 Å². The molecule has 1 heterocycles. The van der Waals surface area contributed by atoms with Crippen molar-refractivity contribution in [3.8, 4) is 0 Å². The van der Waals surface area contributed by atoms with Crippen LogP contribution in [-0.2, 0) is 9.31 Å². The van der Waals surface area contributed by atoms with Gasteiger partial charge < -0.3 is 15.0 Å². The van der Waals surface area contributed by atoms with Gasteiger partial charge in [0.15, 0.2) is 0 Å². The molecule has 102 valence electrons. The first-order chi connectivity index (χ1) is 8.41. The summed E-state index contributed by atoms with van der Waals surface area (Å²) in [6.07, 6.45) is 3.74. The molecule has 4 rings (SSSR count). The molecule has 2 N–H and O–H groups in total. The fourth-order valence-corrected chi connectivity index (χ4v) is 4.34. The van der Waals surface area contributed by atoms with Gasteiger partial charge in [-0.05, 0) is 49.9 Å². The van der Waals surface area contributed by atoms with E-state index in [-0.39, 0.29) is 24.8 Å². The molecule has 4 heteroatoms. The first-order valence-electron chi connectivity index (χ1n) is 7.50. The summed E-state index contributed by atoms with van der Waals surface area (Å²) in [5.74, 6) is 2.94. The first kappa shape index (κ1) is 13.0. The third-order valence-electron chi connectivity index (χ3n) is 5.59. The van der Waals surface area contributed by atoms with Gasteiger partial charge in [-0.15, -0.1) is 0 Å². The highest BCUT2D eigenvalue weighted by atomic mass is 16.7. The van der Waals surface area contributed by atoms with Gasteiger partial charge in [-0.25, -0.2) is 0 Å². The predicted molar refractivity (Wildman–Crippen MR) is 72.9 cm³/mol. The summed E-state index contributed by atoms with van der Waals surface area (Å²) < 4.78 is 12.4. The normalized spacial score (nSPS) is 48.0. The van der Waals surface area contributed by atoms with Crippen molar-refractivity contribution >= 4 is 7.12 Å². The zero-order valence-corrected chi connectivity index (χ0v) is 12.1. The molecule has 0 aromatic rings. The molecule has 2 bridgehead atoms. The number of hydrogen-bond acceptors (Lipinski definition) is 3. The Balaban J connectivity index is 1.70. The third-order valence-corrected chi connectivity index (χ3v) is 5.59. The lowest BCUT2D eigenvalue weighted by Crippen LogP contribution is -2.60. The van der Waals surface area contributed by atoms with Gasteiger partial charge in [0.05, 0.1) is 11.7 Å². The van der Waals surface area contributed by atoms with Gasteiger partial charge in [0.1, 0.15) is 0 Å². The average molecular weight is 251 g/mol. The van der Waals surface area contributed by atoms with E-state index >= 15 is 0 Å². The van der Waals surface area contributed by atoms with Gasteiger partial charge in [0.25, 0.3) is 0 Å². The molecule has 0 radical (unpaired) electrons. The molecule has 3 saturated carbocycles. The fourth-order valence-electron chi connectivity index (χ4n) is 4.34. The molecule has 4 aliphatic rings. The smallest absolute Gasteiger partial charge is 0.404 e. The van der Waals surface area contributed by atoms with Crippen LogP contribution >= 0.6 is 0 Å². The van der Waals surface area contributed by atoms with Crippen molar-refractivity contribution in [2.75, 3.05) is 0 Å². The van der Waals surface area contributed by atoms with Crippen molar-refractivity contribution in [1.29, 1.82) is 0 Å². The van der Waals surface area contributed by atoms with E-state index in [4.69, 9.17) is 15.0 Å². The van der Waals surface area contributed by atoms with Crippen molar-refractivity contribution in [1.82, 2.24) is 0 Å². The van der Waals surface area contributed by atoms with E-state index in [0.29, 0.717) is 11.8 Å². The van der Waals surface area contributed by atoms with E-state index in [1.54, 1.807) is 0 Å². The summed E-state index contributed by atoms with van der Waals surface area (Å²) in [5, 5.41) is 0. The lowest BCUT2D eigenvalue weighted by molar-refractivity contribution is -0.152. The Labute approximate surface area is 111 Å². The number of rotatable bonds is 3. The molecule has 2 unspecified atom stereocenters. The van der Waals surface area contributed by atoms with Gasteiger partial charge >= 0.3 is 7.12 Å². The van der Waals surface area contributed by atoms with Crippen molar-refractivity contribution in [3.05, 3.63) is 0 Å². The Bertz CT molecular complexity index is 338. The van der Waals surface area contributed by atoms with Gasteiger partial charge in [0, 0.05) is 5.94 Å². The lowest BCUT2D eigenvalue weighted by atomic mass is 9.51. The van der Waals surface area contributed by atoms with Crippen LogP contribution in [0.15, 0.2) is 0 Å². The minimum absolute atomic E-state index is 0.0138. The van der Waals surface area contributed by atoms with Gasteiger partial charge in [0.2, 0.25) is 0 Å². The summed E-state index contributed by atoms with van der Waals surface area (Å²) in [5.41, 5.74) is 6.16. The molecular formula is C14H26BNO2. The predicted octanol–water partition coefficient (Wildman–Crippen LogP) is 2.24. The first-order valence-corrected chi connectivity index (χ1v) is 7.50. The molecule has 1 saturated heterocycles. The lowest BCUT2D eigenvalue weighted by Gasteiger charge is -2.58. The largest absolute Gasteiger partial charge is 0.475 e. The van der Waals surface area contributed by atoms with Gasteiger partial charge in [-0.1, -0.05) is 20.8 Å². The molecule has 0 aromatic heterocycles. The van der Waals surface area contributed by atoms with E-state index in [1.807, 2.05) is 0 Å². The maximum Gasteiger partial charge on any atom is 0.475 e. The van der Waals surface area contributed by atoms with Crippen LogP contribution in [0.4, 0.5) is 0 Å². The second-order valence-electron chi connectivity index (χ2n) is 7.29. The zero-order chi connectivity index (χ0) is 13.1. The topological polar surface area (TPSA) is 44.5 Å². The molecule has 6 atom stereocenters. The second-order valence-corrected chi connectivity index (χ2v) is 7.29. The molecule has 3 aliphatic carbocycles. The highest BCUT2D eigenvalue weighted by molar-refractivity contribution is 6.47. The average Bonchev–Trinajstić information content (AvgIpc) is 2.64. The summed E-state index contributed by atoms with van der Waals surface area (Å²) in [6.45, 7) is 9.01. The fraction of sp³-hybridized carbons (Fsp3) is 1.00. The Kier molecular flexibility index (Phi) is 3.04. The maximum atomic E-state index is 6.29. The van der Waals surface area contributed by atoms with Crippen LogP contribution in [0.1, 0.15) is 47.0 Å². The highest BCUT2D eigenvalue weighted by Crippen LogP contribution is 2.59. The number of nitrogens with two attached hydrogens (primary N) is 1. The quantitative estimate of drug-likeness (QED) is 0.782. The highest BCUT2D eigenvalue weighted by Gasteiger charge is 2.64. The molecule has 0 aromatic carbocycles. The summed E-state index contributed by atoms with van der Waals surface area (Å²) >= 11 is 0. The Hall–Kier alpha value is -0.0551. The van der Waals surface area contributed by atoms with Crippen molar-refractivity contribution in [2.24, 2.45) is 29.4 Å². The van der Waals surface area contributed by atoms with Crippen LogP contribution in [0, 0.1) is 23.7 Å². The molecule has 1 aliphatic heterocycles. The SMILES string of the molecule is CC(C)C[C@H](N)B1O[C@@H]2C[C@@H]3CC(C3C)[C@]2(C)O1. The van der Waals surface area contributed by atoms with Gasteiger partial charge in [-0.3, -0.25) is 0 Å². The summed E-state index contributed by atoms with van der Waals surface area (Å²) in [4.78, 5) is 0. The summed E-state index contributed by atoms with van der Waals surface area (Å²) in [7, 11) is -0.186. The van der Waals surface area contributed by atoms with Gasteiger partial charge in [-0.2, -0.15) is 0 Å². The Morgan fingerprint density at radius 2 is 2.11 bits per heavy atom. The third kappa shape index (κ3) is 1.76. The Morgan fingerprint density at radius 1 is 1.39 bits per heavy atom. The zero-order valence-electron chi connectivity index (χ0n) is 12.1. The van der Waals surface area contributed by atoms with Crippen LogP contribution in [0.3, 0.4) is 0 Å². The van der Waals surface area contributed by atoms with E-state index in [1.165, 1.54) is 12.8 Å². The van der Waals surface area contributed by atoms with Crippen LogP contribution in [0.2, 0.25) is 0 Å². The molecule has 3 nitrogen and oxygen atoms in total. The molecule has 4 fully saturated rings. The Morgan fingerprint density at radius 3 is 2.72 bits per heavy atom. The van der Waals surface area contributed by atoms with Crippen molar-refractivity contribution < 1.29 is 9.31 Å². The van der Waals surface area contributed by atoms with Crippen LogP contribution in [0.5, 0.6) is 0 Å². The van der Waals surface area contributed by atoms with Crippen LogP contribution < -0.4 is 5.73 Å². The van der Waals surface area contributed by atoms with Crippen molar-refractivity contribution in [2.45, 2.75) is 64.6 Å². The van der Waals surface area contributed by atoms with E-state index in [9.17, 15) is 0 Å². The second kappa shape index (κ2) is 4.22. The van der Waals surface area contributed by atoms with Crippen molar-refractivity contribution in [3.63, 3.8) is 0 Å². The monoisotopic (exact) mass is 251 g/mol. The maximum absolute atomic E-state index is 6.29. The molecular weight excluding hydrogens is 225 g/mol. The minimum Gasteiger partial charge on any atom is -0.404 e.